The molecule has 2 aromatic carbocycles. The number of carbonyl (C=O) groups excluding carboxylic acids is 1. The molecular weight excluding hydrogens is 349 g/mol. The van der Waals surface area contributed by atoms with Gasteiger partial charge in [0, 0.05) is 17.6 Å². The fourth-order valence-corrected chi connectivity index (χ4v) is 2.74. The van der Waals surface area contributed by atoms with Crippen molar-refractivity contribution in [3.63, 3.8) is 0 Å². The van der Waals surface area contributed by atoms with Crippen LogP contribution in [0.4, 0.5) is 11.4 Å². The van der Waals surface area contributed by atoms with Crippen LogP contribution in [-0.2, 0) is 4.79 Å². The Kier molecular flexibility index (Phi) is 4.64. The van der Waals surface area contributed by atoms with Crippen molar-refractivity contribution in [3.8, 4) is 0 Å². The number of hydrogen-bond donors (Lipinski definition) is 2. The molecule has 1 heterocycles. The molecule has 2 N–H and O–H groups in total. The minimum Gasteiger partial charge on any atom is -0.441 e. The number of halogens is 2. The summed E-state index contributed by atoms with van der Waals surface area (Å²) in [5.41, 5.74) is 2.75. The molecule has 0 aliphatic carbocycles. The Hall–Kier alpha value is -2.24. The highest BCUT2D eigenvalue weighted by Crippen LogP contribution is 2.26. The van der Waals surface area contributed by atoms with Crippen LogP contribution in [0.15, 0.2) is 40.8 Å². The first-order valence-electron chi connectivity index (χ1n) is 7.32. The van der Waals surface area contributed by atoms with Gasteiger partial charge in [-0.25, -0.2) is 4.98 Å². The number of aromatic nitrogens is 1. The Morgan fingerprint density at radius 2 is 2.00 bits per heavy atom. The van der Waals surface area contributed by atoms with Crippen molar-refractivity contribution < 1.29 is 9.21 Å². The number of amides is 1. The molecule has 7 heteroatoms. The molecule has 0 radical (unpaired) electrons. The Balaban J connectivity index is 1.70. The first-order valence-corrected chi connectivity index (χ1v) is 8.07. The fourth-order valence-electron chi connectivity index (χ4n) is 2.28. The average molecular weight is 364 g/mol. The zero-order valence-corrected chi connectivity index (χ0v) is 14.6. The monoisotopic (exact) mass is 363 g/mol. The van der Waals surface area contributed by atoms with Gasteiger partial charge in [-0.1, -0.05) is 23.2 Å². The molecule has 1 unspecified atom stereocenters. The molecule has 0 saturated carbocycles. The molecule has 0 fully saturated rings. The van der Waals surface area contributed by atoms with Gasteiger partial charge in [-0.15, -0.1) is 0 Å². The van der Waals surface area contributed by atoms with Gasteiger partial charge in [0.05, 0.1) is 10.7 Å². The molecule has 0 bridgehead atoms. The Morgan fingerprint density at radius 3 is 2.75 bits per heavy atom. The Labute approximate surface area is 149 Å². The molecule has 124 valence electrons. The van der Waals surface area contributed by atoms with E-state index in [1.54, 1.807) is 32.0 Å². The first kappa shape index (κ1) is 16.6. The number of rotatable bonds is 4. The SMILES string of the molecule is Cc1nc2cc(NC(C)C(=O)Nc3ccc(Cl)cc3Cl)ccc2o1. The summed E-state index contributed by atoms with van der Waals surface area (Å²) in [5.74, 6) is 0.390. The predicted octanol–water partition coefficient (Wildman–Crippen LogP) is 4.88. The van der Waals surface area contributed by atoms with Gasteiger partial charge in [-0.05, 0) is 43.3 Å². The van der Waals surface area contributed by atoms with Crippen LogP contribution < -0.4 is 10.6 Å². The van der Waals surface area contributed by atoms with Crippen molar-refractivity contribution in [2.45, 2.75) is 19.9 Å². The topological polar surface area (TPSA) is 67.2 Å². The zero-order valence-electron chi connectivity index (χ0n) is 13.1. The number of fused-ring (bicyclic) bond motifs is 1. The summed E-state index contributed by atoms with van der Waals surface area (Å²) < 4.78 is 5.43. The number of benzene rings is 2. The van der Waals surface area contributed by atoms with Crippen LogP contribution >= 0.6 is 23.2 Å². The highest BCUT2D eigenvalue weighted by atomic mass is 35.5. The maximum Gasteiger partial charge on any atom is 0.246 e. The summed E-state index contributed by atoms with van der Waals surface area (Å²) in [7, 11) is 0. The van der Waals surface area contributed by atoms with E-state index in [0.29, 0.717) is 27.2 Å². The van der Waals surface area contributed by atoms with Crippen molar-refractivity contribution in [1.29, 1.82) is 0 Å². The van der Waals surface area contributed by atoms with Crippen LogP contribution in [0.5, 0.6) is 0 Å². The molecule has 1 atom stereocenters. The molecule has 0 aliphatic heterocycles. The number of aryl methyl sites for hydroxylation is 1. The molecule has 3 rings (SSSR count). The minimum absolute atomic E-state index is 0.212. The van der Waals surface area contributed by atoms with E-state index >= 15 is 0 Å². The highest BCUT2D eigenvalue weighted by molar-refractivity contribution is 6.36. The number of anilines is 2. The molecule has 0 aliphatic rings. The molecule has 24 heavy (non-hydrogen) atoms. The molecule has 1 amide bonds. The van der Waals surface area contributed by atoms with E-state index in [2.05, 4.69) is 15.6 Å². The van der Waals surface area contributed by atoms with E-state index in [1.807, 2.05) is 18.2 Å². The lowest BCUT2D eigenvalue weighted by molar-refractivity contribution is -0.116. The van der Waals surface area contributed by atoms with Crippen molar-refractivity contribution in [2.75, 3.05) is 10.6 Å². The third-order valence-corrected chi connectivity index (χ3v) is 4.01. The third kappa shape index (κ3) is 3.63. The Bertz CT molecular complexity index is 908. The van der Waals surface area contributed by atoms with E-state index in [-0.39, 0.29) is 5.91 Å². The van der Waals surface area contributed by atoms with Crippen LogP contribution in [0.25, 0.3) is 11.1 Å². The standard InChI is InChI=1S/C17H15Cl2N3O2/c1-9(17(23)22-14-5-3-11(18)7-13(14)19)20-12-4-6-16-15(8-12)21-10(2)24-16/h3-9,20H,1-2H3,(H,22,23). The molecule has 0 saturated heterocycles. The number of oxazole rings is 1. The van der Waals surface area contributed by atoms with Crippen molar-refractivity contribution in [1.82, 2.24) is 4.98 Å². The van der Waals surface area contributed by atoms with E-state index in [1.165, 1.54) is 0 Å². The smallest absolute Gasteiger partial charge is 0.246 e. The van der Waals surface area contributed by atoms with Crippen molar-refractivity contribution in [2.24, 2.45) is 0 Å². The molecule has 5 nitrogen and oxygen atoms in total. The van der Waals surface area contributed by atoms with Crippen molar-refractivity contribution in [3.05, 3.63) is 52.3 Å². The quantitative estimate of drug-likeness (QED) is 0.692. The van der Waals surface area contributed by atoms with Gasteiger partial charge >= 0.3 is 0 Å². The van der Waals surface area contributed by atoms with Gasteiger partial charge in [0.15, 0.2) is 11.5 Å². The van der Waals surface area contributed by atoms with E-state index in [9.17, 15) is 4.79 Å². The lowest BCUT2D eigenvalue weighted by Gasteiger charge is -2.16. The largest absolute Gasteiger partial charge is 0.441 e. The maximum atomic E-state index is 12.3. The second-order valence-corrected chi connectivity index (χ2v) is 6.24. The fraction of sp³-hybridized carbons (Fsp3) is 0.176. The molecule has 3 aromatic rings. The van der Waals surface area contributed by atoms with Gasteiger partial charge in [0.2, 0.25) is 5.91 Å². The predicted molar refractivity (Wildman–Crippen MR) is 96.9 cm³/mol. The summed E-state index contributed by atoms with van der Waals surface area (Å²) in [4.78, 5) is 16.6. The van der Waals surface area contributed by atoms with Gasteiger partial charge in [0.1, 0.15) is 11.6 Å². The molecule has 0 spiro atoms. The van der Waals surface area contributed by atoms with Gasteiger partial charge in [0.25, 0.3) is 0 Å². The van der Waals surface area contributed by atoms with Gasteiger partial charge in [-0.2, -0.15) is 0 Å². The van der Waals surface area contributed by atoms with Gasteiger partial charge < -0.3 is 15.1 Å². The number of nitrogens with one attached hydrogen (secondary N) is 2. The van der Waals surface area contributed by atoms with Crippen LogP contribution in [0, 0.1) is 6.92 Å². The lowest BCUT2D eigenvalue weighted by atomic mass is 10.2. The summed E-state index contributed by atoms with van der Waals surface area (Å²) in [6.45, 7) is 3.55. The van der Waals surface area contributed by atoms with Crippen LogP contribution in [0.3, 0.4) is 0 Å². The summed E-state index contributed by atoms with van der Waals surface area (Å²) in [6.07, 6.45) is 0. The second kappa shape index (κ2) is 6.71. The van der Waals surface area contributed by atoms with Crippen LogP contribution in [-0.4, -0.2) is 16.9 Å². The average Bonchev–Trinajstić information content (AvgIpc) is 2.89. The van der Waals surface area contributed by atoms with E-state index < -0.39 is 6.04 Å². The molecular formula is C17H15Cl2N3O2. The summed E-state index contributed by atoms with van der Waals surface area (Å²) in [5, 5.41) is 6.81. The number of nitrogens with zero attached hydrogens (tertiary/aromatic N) is 1. The third-order valence-electron chi connectivity index (χ3n) is 3.46. The minimum atomic E-state index is -0.470. The van der Waals surface area contributed by atoms with Gasteiger partial charge in [-0.3, -0.25) is 4.79 Å². The maximum absolute atomic E-state index is 12.3. The summed E-state index contributed by atoms with van der Waals surface area (Å²) in [6, 6.07) is 9.94. The Morgan fingerprint density at radius 1 is 1.21 bits per heavy atom. The summed E-state index contributed by atoms with van der Waals surface area (Å²) >= 11 is 11.9. The van der Waals surface area contributed by atoms with E-state index in [0.717, 1.165) is 11.2 Å². The van der Waals surface area contributed by atoms with Crippen molar-refractivity contribution >= 4 is 51.6 Å². The van der Waals surface area contributed by atoms with Crippen LogP contribution in [0.1, 0.15) is 12.8 Å². The first-order chi connectivity index (χ1) is 11.4. The lowest BCUT2D eigenvalue weighted by Crippen LogP contribution is -2.31. The normalized spacial score (nSPS) is 12.2. The van der Waals surface area contributed by atoms with E-state index in [4.69, 9.17) is 27.6 Å². The number of carbonyl (C=O) groups is 1. The number of hydrogen-bond acceptors (Lipinski definition) is 4. The second-order valence-electron chi connectivity index (χ2n) is 5.39. The zero-order chi connectivity index (χ0) is 17.3. The van der Waals surface area contributed by atoms with Crippen LogP contribution in [0.2, 0.25) is 10.0 Å². The molecule has 1 aromatic heterocycles. The highest BCUT2D eigenvalue weighted by Gasteiger charge is 2.15.